The molecule has 0 spiro atoms. The molecule has 0 aromatic carbocycles. The van der Waals surface area contributed by atoms with E-state index in [1.807, 2.05) is 0 Å². The molecular weight excluding hydrogens is 183 g/mol. The van der Waals surface area contributed by atoms with E-state index >= 15 is 0 Å². The summed E-state index contributed by atoms with van der Waals surface area (Å²) < 4.78 is 9.65. The lowest BCUT2D eigenvalue weighted by Crippen LogP contribution is -2.58. The topological polar surface area (TPSA) is 99.4 Å². The lowest BCUT2D eigenvalue weighted by Gasteiger charge is -2.38. The third kappa shape index (κ3) is 1.98. The molecule has 6 nitrogen and oxygen atoms in total. The Labute approximate surface area is 75.3 Å². The molecule has 1 saturated heterocycles. The zero-order valence-electron chi connectivity index (χ0n) is 7.20. The SMILES string of the molecule is CO[C@@H]1O[13C@H]([13CH2]O)[13C@H](O)[C@H](O)[C@H]1O. The van der Waals surface area contributed by atoms with Gasteiger partial charge in [0.1, 0.15) is 24.4 Å². The van der Waals surface area contributed by atoms with Crippen LogP contribution in [0.25, 0.3) is 0 Å². The Kier molecular flexibility index (Phi) is 3.60. The number of hydrogen-bond donors (Lipinski definition) is 4. The van der Waals surface area contributed by atoms with Crippen LogP contribution >= 0.6 is 0 Å². The number of ether oxygens (including phenoxy) is 2. The van der Waals surface area contributed by atoms with E-state index in [0.717, 1.165) is 0 Å². The van der Waals surface area contributed by atoms with Crippen molar-refractivity contribution < 1.29 is 29.9 Å². The van der Waals surface area contributed by atoms with Crippen molar-refractivity contribution >= 4 is 0 Å². The molecule has 0 aromatic heterocycles. The quantitative estimate of drug-likeness (QED) is 0.363. The van der Waals surface area contributed by atoms with Crippen molar-refractivity contribution in [1.82, 2.24) is 0 Å². The second-order valence-electron chi connectivity index (χ2n) is 2.93. The fourth-order valence-electron chi connectivity index (χ4n) is 1.26. The normalized spacial score (nSPS) is 46.4. The van der Waals surface area contributed by atoms with Gasteiger partial charge >= 0.3 is 0 Å². The maximum atomic E-state index is 9.28. The minimum absolute atomic E-state index is 0.440. The first-order chi connectivity index (χ1) is 6.11. The molecule has 0 saturated carbocycles. The van der Waals surface area contributed by atoms with Gasteiger partial charge < -0.3 is 29.9 Å². The monoisotopic (exact) mass is 197 g/mol. The third-order valence-corrected chi connectivity index (χ3v) is 2.08. The first-order valence-electron chi connectivity index (χ1n) is 3.95. The summed E-state index contributed by atoms with van der Waals surface area (Å²) in [5, 5.41) is 36.6. The average molecular weight is 197 g/mol. The van der Waals surface area contributed by atoms with Gasteiger partial charge in [0.25, 0.3) is 0 Å². The summed E-state index contributed by atoms with van der Waals surface area (Å²) in [6, 6.07) is 0. The zero-order chi connectivity index (χ0) is 10.0. The van der Waals surface area contributed by atoms with Gasteiger partial charge in [0.2, 0.25) is 0 Å². The second-order valence-corrected chi connectivity index (χ2v) is 2.93. The molecule has 1 aliphatic heterocycles. The lowest BCUT2D eigenvalue weighted by atomic mass is 10.2. The summed E-state index contributed by atoms with van der Waals surface area (Å²) >= 11 is 0. The van der Waals surface area contributed by atoms with Crippen molar-refractivity contribution in [2.24, 2.45) is 0 Å². The Balaban J connectivity index is 2.66. The van der Waals surface area contributed by atoms with Crippen LogP contribution in [0.3, 0.4) is 0 Å². The molecule has 0 aliphatic carbocycles. The fourth-order valence-corrected chi connectivity index (χ4v) is 1.26. The van der Waals surface area contributed by atoms with Gasteiger partial charge in [-0.05, 0) is 0 Å². The molecule has 0 unspecified atom stereocenters. The fraction of sp³-hybridized carbons (Fsp3) is 1.00. The van der Waals surface area contributed by atoms with E-state index in [-0.39, 0.29) is 0 Å². The molecule has 0 radical (unpaired) electrons. The largest absolute Gasteiger partial charge is 0.394 e. The van der Waals surface area contributed by atoms with Crippen LogP contribution in [0, 0.1) is 0 Å². The van der Waals surface area contributed by atoms with Gasteiger partial charge in [-0.15, -0.1) is 0 Å². The van der Waals surface area contributed by atoms with Crippen molar-refractivity contribution in [3.8, 4) is 0 Å². The van der Waals surface area contributed by atoms with Crippen LogP contribution in [0.2, 0.25) is 0 Å². The number of methoxy groups -OCH3 is 1. The van der Waals surface area contributed by atoms with E-state index in [0.29, 0.717) is 0 Å². The average Bonchev–Trinajstić information content (AvgIpc) is 2.15. The zero-order valence-corrected chi connectivity index (χ0v) is 7.20. The molecule has 0 aromatic rings. The van der Waals surface area contributed by atoms with Crippen molar-refractivity contribution in [2.75, 3.05) is 13.7 Å². The lowest BCUT2D eigenvalue weighted by molar-refractivity contribution is -0.294. The van der Waals surface area contributed by atoms with Gasteiger partial charge in [-0.2, -0.15) is 0 Å². The highest BCUT2D eigenvalue weighted by atomic mass is 16.8. The first kappa shape index (κ1) is 10.8. The Morgan fingerprint density at radius 3 is 2.23 bits per heavy atom. The molecule has 1 rings (SSSR count). The first-order valence-corrected chi connectivity index (χ1v) is 3.95. The number of hydrogen-bond acceptors (Lipinski definition) is 6. The summed E-state index contributed by atoms with van der Waals surface area (Å²) in [7, 11) is 1.30. The number of rotatable bonds is 2. The molecule has 5 atom stereocenters. The molecule has 4 N–H and O–H groups in total. The minimum atomic E-state index is -1.36. The predicted octanol–water partition coefficient (Wildman–Crippen LogP) is -2.57. The van der Waals surface area contributed by atoms with E-state index in [1.54, 1.807) is 0 Å². The maximum Gasteiger partial charge on any atom is 0.186 e. The molecule has 1 aliphatic rings. The van der Waals surface area contributed by atoms with Crippen LogP contribution in [0.15, 0.2) is 0 Å². The summed E-state index contributed by atoms with van der Waals surface area (Å²) in [5.41, 5.74) is 0. The Bertz CT molecular complexity index is 143. The summed E-state index contributed by atoms with van der Waals surface area (Å²) in [6.45, 7) is -0.440. The smallest absolute Gasteiger partial charge is 0.186 e. The molecular formula is C7H14O6. The van der Waals surface area contributed by atoms with E-state index < -0.39 is 37.3 Å². The van der Waals surface area contributed by atoms with Crippen LogP contribution in [0.4, 0.5) is 0 Å². The molecule has 6 heteroatoms. The maximum absolute atomic E-state index is 9.28. The van der Waals surface area contributed by atoms with Crippen LogP contribution in [-0.4, -0.2) is 64.8 Å². The van der Waals surface area contributed by atoms with Gasteiger partial charge in [0, 0.05) is 7.11 Å². The van der Waals surface area contributed by atoms with Crippen molar-refractivity contribution in [2.45, 2.75) is 30.7 Å². The molecule has 1 fully saturated rings. The van der Waals surface area contributed by atoms with Crippen molar-refractivity contribution in [3.05, 3.63) is 0 Å². The second kappa shape index (κ2) is 4.32. The van der Waals surface area contributed by atoms with E-state index in [2.05, 4.69) is 0 Å². The number of aliphatic hydroxyl groups is 4. The Hall–Kier alpha value is -0.240. The standard InChI is InChI=1S/C7H14O6/c1-12-7-6(11)5(10)4(9)3(2-8)13-7/h3-11H,2H2,1H3/t3-,4+,5+,6-,7-/m1/s1/i2+1,3+1,4+1. The highest BCUT2D eigenvalue weighted by molar-refractivity contribution is 4.88. The molecule has 1 heterocycles. The van der Waals surface area contributed by atoms with Gasteiger partial charge in [-0.3, -0.25) is 0 Å². The van der Waals surface area contributed by atoms with E-state index in [1.165, 1.54) is 7.11 Å². The Morgan fingerprint density at radius 1 is 1.15 bits per heavy atom. The van der Waals surface area contributed by atoms with Crippen molar-refractivity contribution in [1.29, 1.82) is 0 Å². The molecule has 78 valence electrons. The van der Waals surface area contributed by atoms with E-state index in [4.69, 9.17) is 14.6 Å². The number of aliphatic hydroxyl groups excluding tert-OH is 4. The summed E-state index contributed by atoms with van der Waals surface area (Å²) in [4.78, 5) is 0. The molecule has 0 bridgehead atoms. The van der Waals surface area contributed by atoms with Gasteiger partial charge in [0.05, 0.1) is 6.61 Å². The van der Waals surface area contributed by atoms with Gasteiger partial charge in [-0.25, -0.2) is 0 Å². The van der Waals surface area contributed by atoms with E-state index in [9.17, 15) is 15.3 Å². The highest BCUT2D eigenvalue weighted by Crippen LogP contribution is 2.20. The Morgan fingerprint density at radius 2 is 1.77 bits per heavy atom. The summed E-state index contributed by atoms with van der Waals surface area (Å²) in [6.07, 6.45) is -5.91. The van der Waals surface area contributed by atoms with Gasteiger partial charge in [-0.1, -0.05) is 0 Å². The molecule has 13 heavy (non-hydrogen) atoms. The summed E-state index contributed by atoms with van der Waals surface area (Å²) in [5.74, 6) is 0. The van der Waals surface area contributed by atoms with Crippen LogP contribution in [0.1, 0.15) is 0 Å². The van der Waals surface area contributed by atoms with Gasteiger partial charge in [0.15, 0.2) is 6.29 Å². The van der Waals surface area contributed by atoms with Crippen LogP contribution in [0.5, 0.6) is 0 Å². The van der Waals surface area contributed by atoms with Crippen LogP contribution < -0.4 is 0 Å². The molecule has 0 amide bonds. The third-order valence-electron chi connectivity index (χ3n) is 2.08. The minimum Gasteiger partial charge on any atom is -0.394 e. The highest BCUT2D eigenvalue weighted by Gasteiger charge is 2.43. The van der Waals surface area contributed by atoms with Crippen LogP contribution in [-0.2, 0) is 9.47 Å². The van der Waals surface area contributed by atoms with Crippen molar-refractivity contribution in [3.63, 3.8) is 0 Å². The predicted molar refractivity (Wildman–Crippen MR) is 40.8 cm³/mol.